The number of amides is 1. The molecule has 2 N–H and O–H groups in total. The van der Waals surface area contributed by atoms with E-state index in [1.165, 1.54) is 0 Å². The summed E-state index contributed by atoms with van der Waals surface area (Å²) in [5, 5.41) is 6.33. The van der Waals surface area contributed by atoms with Crippen molar-refractivity contribution in [2.45, 2.75) is 26.7 Å². The Balaban J connectivity index is 2.36. The third-order valence-corrected chi connectivity index (χ3v) is 3.85. The first-order valence-electron chi connectivity index (χ1n) is 7.39. The summed E-state index contributed by atoms with van der Waals surface area (Å²) in [7, 11) is 1.66. The van der Waals surface area contributed by atoms with Gasteiger partial charge in [-0.1, -0.05) is 13.8 Å². The maximum absolute atomic E-state index is 12.3. The molecule has 1 heterocycles. The van der Waals surface area contributed by atoms with Crippen molar-refractivity contribution >= 4 is 5.91 Å². The second kappa shape index (κ2) is 8.51. The fourth-order valence-corrected chi connectivity index (χ4v) is 2.66. The molecule has 0 saturated carbocycles. The summed E-state index contributed by atoms with van der Waals surface area (Å²) in [6, 6.07) is 0. The van der Waals surface area contributed by atoms with Gasteiger partial charge in [-0.25, -0.2) is 0 Å². The minimum Gasteiger partial charge on any atom is -0.384 e. The quantitative estimate of drug-likeness (QED) is 0.640. The van der Waals surface area contributed by atoms with Crippen LogP contribution in [-0.2, 0) is 9.53 Å². The lowest BCUT2D eigenvalue weighted by atomic mass is 9.87. The fourth-order valence-electron chi connectivity index (χ4n) is 2.66. The molecule has 0 aromatic heterocycles. The van der Waals surface area contributed by atoms with Crippen LogP contribution in [0.3, 0.4) is 0 Å². The highest BCUT2D eigenvalue weighted by atomic mass is 16.5. The van der Waals surface area contributed by atoms with Crippen LogP contribution in [-0.4, -0.2) is 63.8 Å². The lowest BCUT2D eigenvalue weighted by Gasteiger charge is -2.27. The second-order valence-corrected chi connectivity index (χ2v) is 5.33. The first-order chi connectivity index (χ1) is 9.18. The highest BCUT2D eigenvalue weighted by Gasteiger charge is 2.41. The van der Waals surface area contributed by atoms with Crippen molar-refractivity contribution in [3.63, 3.8) is 0 Å². The summed E-state index contributed by atoms with van der Waals surface area (Å²) in [5.74, 6) is 0.131. The van der Waals surface area contributed by atoms with Crippen molar-refractivity contribution in [2.24, 2.45) is 5.41 Å². The summed E-state index contributed by atoms with van der Waals surface area (Å²) in [6.07, 6.45) is 2.01. The van der Waals surface area contributed by atoms with Crippen LogP contribution in [0.15, 0.2) is 0 Å². The van der Waals surface area contributed by atoms with Crippen molar-refractivity contribution in [3.05, 3.63) is 0 Å². The summed E-state index contributed by atoms with van der Waals surface area (Å²) in [6.45, 7) is 10.2. The van der Waals surface area contributed by atoms with E-state index < -0.39 is 0 Å². The van der Waals surface area contributed by atoms with Crippen LogP contribution in [0.25, 0.3) is 0 Å². The van der Waals surface area contributed by atoms with Gasteiger partial charge in [-0.2, -0.15) is 0 Å². The van der Waals surface area contributed by atoms with Crippen molar-refractivity contribution < 1.29 is 9.53 Å². The summed E-state index contributed by atoms with van der Waals surface area (Å²) < 4.78 is 5.23. The molecule has 1 amide bonds. The number of nitrogens with zero attached hydrogens (tertiary/aromatic N) is 1. The largest absolute Gasteiger partial charge is 0.384 e. The standard InChI is InChI=1S/C14H29N3O2/c1-4-9-17(5-2)10-8-16-13(18)14(12-19-3)6-7-15-11-14/h15H,4-12H2,1-3H3,(H,16,18). The molecule has 19 heavy (non-hydrogen) atoms. The van der Waals surface area contributed by atoms with Crippen LogP contribution in [0.2, 0.25) is 0 Å². The van der Waals surface area contributed by atoms with Gasteiger partial charge < -0.3 is 20.3 Å². The Morgan fingerprint density at radius 3 is 2.74 bits per heavy atom. The normalized spacial score (nSPS) is 22.9. The zero-order valence-corrected chi connectivity index (χ0v) is 12.6. The Morgan fingerprint density at radius 2 is 2.21 bits per heavy atom. The highest BCUT2D eigenvalue weighted by molar-refractivity contribution is 5.83. The van der Waals surface area contributed by atoms with E-state index in [2.05, 4.69) is 29.4 Å². The van der Waals surface area contributed by atoms with Crippen molar-refractivity contribution in [1.82, 2.24) is 15.5 Å². The van der Waals surface area contributed by atoms with Gasteiger partial charge in [0.1, 0.15) is 0 Å². The van der Waals surface area contributed by atoms with Gasteiger partial charge in [0.2, 0.25) is 5.91 Å². The molecule has 1 unspecified atom stereocenters. The maximum atomic E-state index is 12.3. The Hall–Kier alpha value is -0.650. The van der Waals surface area contributed by atoms with Crippen molar-refractivity contribution in [3.8, 4) is 0 Å². The molecule has 1 atom stereocenters. The molecule has 0 aliphatic carbocycles. The Bertz CT molecular complexity index is 265. The maximum Gasteiger partial charge on any atom is 0.229 e. The number of rotatable bonds is 9. The van der Waals surface area contributed by atoms with Crippen LogP contribution in [0.5, 0.6) is 0 Å². The smallest absolute Gasteiger partial charge is 0.229 e. The molecule has 5 heteroatoms. The molecule has 1 fully saturated rings. The van der Waals surface area contributed by atoms with Gasteiger partial charge in [-0.05, 0) is 32.5 Å². The molecule has 0 spiro atoms. The highest BCUT2D eigenvalue weighted by Crippen LogP contribution is 2.25. The molecule has 0 radical (unpaired) electrons. The van der Waals surface area contributed by atoms with Gasteiger partial charge in [-0.3, -0.25) is 4.79 Å². The molecule has 0 bridgehead atoms. The van der Waals surface area contributed by atoms with E-state index in [0.717, 1.165) is 52.1 Å². The third kappa shape index (κ3) is 4.75. The lowest BCUT2D eigenvalue weighted by Crippen LogP contribution is -2.47. The summed E-state index contributed by atoms with van der Waals surface area (Å²) in [4.78, 5) is 14.7. The number of carbonyl (C=O) groups excluding carboxylic acids is 1. The van der Waals surface area contributed by atoms with E-state index in [4.69, 9.17) is 4.74 Å². The van der Waals surface area contributed by atoms with Gasteiger partial charge in [0, 0.05) is 26.7 Å². The van der Waals surface area contributed by atoms with Gasteiger partial charge in [0.15, 0.2) is 0 Å². The molecule has 1 saturated heterocycles. The van der Waals surface area contributed by atoms with E-state index in [1.54, 1.807) is 7.11 Å². The summed E-state index contributed by atoms with van der Waals surface area (Å²) >= 11 is 0. The molecule has 1 aliphatic heterocycles. The van der Waals surface area contributed by atoms with Crippen LogP contribution >= 0.6 is 0 Å². The number of carbonyl (C=O) groups is 1. The Kier molecular flexibility index (Phi) is 7.34. The van der Waals surface area contributed by atoms with E-state index in [0.29, 0.717) is 6.61 Å². The average Bonchev–Trinajstić information content (AvgIpc) is 2.88. The van der Waals surface area contributed by atoms with E-state index >= 15 is 0 Å². The predicted molar refractivity (Wildman–Crippen MR) is 77.2 cm³/mol. The van der Waals surface area contributed by atoms with E-state index in [9.17, 15) is 4.79 Å². The predicted octanol–water partition coefficient (Wildman–Crippen LogP) is 0.461. The SMILES string of the molecule is CCCN(CC)CCNC(=O)C1(COC)CCNC1. The number of likely N-dealkylation sites (N-methyl/N-ethyl adjacent to an activating group) is 1. The molecule has 1 aliphatic rings. The third-order valence-electron chi connectivity index (χ3n) is 3.85. The van der Waals surface area contributed by atoms with Gasteiger partial charge in [-0.15, -0.1) is 0 Å². The lowest BCUT2D eigenvalue weighted by molar-refractivity contribution is -0.133. The Labute approximate surface area is 117 Å². The minimum absolute atomic E-state index is 0.131. The molecule has 0 aromatic carbocycles. The first kappa shape index (κ1) is 16.4. The molecular weight excluding hydrogens is 242 g/mol. The van der Waals surface area contributed by atoms with Gasteiger partial charge in [0.25, 0.3) is 0 Å². The van der Waals surface area contributed by atoms with Crippen LogP contribution in [0.4, 0.5) is 0 Å². The number of hydrogen-bond acceptors (Lipinski definition) is 4. The monoisotopic (exact) mass is 271 g/mol. The Morgan fingerprint density at radius 1 is 1.42 bits per heavy atom. The van der Waals surface area contributed by atoms with E-state index in [-0.39, 0.29) is 11.3 Å². The fraction of sp³-hybridized carbons (Fsp3) is 0.929. The van der Waals surface area contributed by atoms with Gasteiger partial charge in [0.05, 0.1) is 12.0 Å². The molecule has 0 aromatic rings. The van der Waals surface area contributed by atoms with Crippen LogP contribution < -0.4 is 10.6 Å². The molecular formula is C14H29N3O2. The zero-order chi connectivity index (χ0) is 14.1. The number of methoxy groups -OCH3 is 1. The number of ether oxygens (including phenoxy) is 1. The van der Waals surface area contributed by atoms with Crippen LogP contribution in [0, 0.1) is 5.41 Å². The van der Waals surface area contributed by atoms with Gasteiger partial charge >= 0.3 is 0 Å². The molecule has 1 rings (SSSR count). The molecule has 112 valence electrons. The zero-order valence-electron chi connectivity index (χ0n) is 12.6. The van der Waals surface area contributed by atoms with Crippen molar-refractivity contribution in [2.75, 3.05) is 53.0 Å². The average molecular weight is 271 g/mol. The minimum atomic E-state index is -0.365. The number of nitrogens with one attached hydrogen (secondary N) is 2. The molecule has 5 nitrogen and oxygen atoms in total. The summed E-state index contributed by atoms with van der Waals surface area (Å²) in [5.41, 5.74) is -0.365. The van der Waals surface area contributed by atoms with Crippen molar-refractivity contribution in [1.29, 1.82) is 0 Å². The van der Waals surface area contributed by atoms with E-state index in [1.807, 2.05) is 0 Å². The first-order valence-corrected chi connectivity index (χ1v) is 7.39. The second-order valence-electron chi connectivity index (χ2n) is 5.33. The number of hydrogen-bond donors (Lipinski definition) is 2. The topological polar surface area (TPSA) is 53.6 Å². The van der Waals surface area contributed by atoms with Crippen LogP contribution in [0.1, 0.15) is 26.7 Å².